The van der Waals surface area contributed by atoms with Crippen molar-refractivity contribution in [2.24, 2.45) is 5.92 Å². The average Bonchev–Trinajstić information content (AvgIpc) is 3.56. The van der Waals surface area contributed by atoms with Crippen LogP contribution in [0.3, 0.4) is 0 Å². The molecule has 0 fully saturated rings. The van der Waals surface area contributed by atoms with E-state index in [0.717, 1.165) is 70.9 Å². The molecule has 0 spiro atoms. The molecule has 0 saturated heterocycles. The van der Waals surface area contributed by atoms with E-state index < -0.39 is 0 Å². The number of aromatic nitrogens is 4. The molecule has 0 bridgehead atoms. The largest absolute Gasteiger partial charge is 0.457 e. The Balaban J connectivity index is 1.32. The lowest BCUT2D eigenvalue weighted by Gasteiger charge is -2.30. The predicted molar refractivity (Wildman–Crippen MR) is 190 cm³/mol. The van der Waals surface area contributed by atoms with Gasteiger partial charge in [0.05, 0.1) is 22.4 Å². The Kier molecular flexibility index (Phi) is 8.44. The molecule has 3 aromatic carbocycles. The number of ether oxygens (including phenoxy) is 1. The van der Waals surface area contributed by atoms with Crippen LogP contribution in [-0.4, -0.2) is 19.3 Å². The van der Waals surface area contributed by atoms with E-state index in [-0.39, 0.29) is 5.82 Å². The van der Waals surface area contributed by atoms with Crippen molar-refractivity contribution >= 4 is 21.8 Å². The molecule has 1 aliphatic carbocycles. The topological polar surface area (TPSA) is 44.9 Å². The number of hydrogen-bond donors (Lipinski definition) is 0. The molecule has 0 N–H and O–H groups in total. The van der Waals surface area contributed by atoms with E-state index >= 15 is 0 Å². The molecule has 2 atom stereocenters. The second-order valence-electron chi connectivity index (χ2n) is 13.2. The summed E-state index contributed by atoms with van der Waals surface area (Å²) in [5.74, 6) is 2.67. The van der Waals surface area contributed by atoms with Crippen molar-refractivity contribution < 1.29 is 9.13 Å². The zero-order valence-corrected chi connectivity index (χ0v) is 28.1. The molecule has 6 heteroatoms. The summed E-state index contributed by atoms with van der Waals surface area (Å²) in [5, 5.41) is 7.47. The van der Waals surface area contributed by atoms with Gasteiger partial charge in [0.1, 0.15) is 23.1 Å². The fourth-order valence-electron chi connectivity index (χ4n) is 7.64. The molecule has 5 nitrogen and oxygen atoms in total. The number of pyridine rings is 1. The van der Waals surface area contributed by atoms with Crippen LogP contribution in [0.4, 0.5) is 4.39 Å². The number of benzene rings is 3. The number of fused-ring (bicyclic) bond motifs is 3. The van der Waals surface area contributed by atoms with Gasteiger partial charge in [0, 0.05) is 52.3 Å². The summed E-state index contributed by atoms with van der Waals surface area (Å²) >= 11 is 0. The lowest BCUT2D eigenvalue weighted by atomic mass is 9.74. The van der Waals surface area contributed by atoms with E-state index in [1.165, 1.54) is 47.3 Å². The van der Waals surface area contributed by atoms with Crippen LogP contribution in [0.5, 0.6) is 11.5 Å². The summed E-state index contributed by atoms with van der Waals surface area (Å²) in [5.41, 5.74) is 9.49. The van der Waals surface area contributed by atoms with E-state index in [2.05, 4.69) is 80.7 Å². The van der Waals surface area contributed by atoms with Crippen LogP contribution >= 0.6 is 0 Å². The number of allylic oxidation sites excluding steroid dienone is 2. The summed E-state index contributed by atoms with van der Waals surface area (Å²) in [6.07, 6.45) is 10.4. The number of aryl methyl sites for hydroxylation is 2. The molecule has 1 aliphatic rings. The van der Waals surface area contributed by atoms with Crippen LogP contribution < -0.4 is 4.74 Å². The first-order chi connectivity index (χ1) is 22.9. The molecule has 47 heavy (non-hydrogen) atoms. The fourth-order valence-corrected chi connectivity index (χ4v) is 7.64. The first-order valence-corrected chi connectivity index (χ1v) is 17.1. The third-order valence-electron chi connectivity index (χ3n) is 9.63. The number of rotatable bonds is 9. The molecule has 6 aromatic rings. The molecule has 240 valence electrons. The van der Waals surface area contributed by atoms with Crippen molar-refractivity contribution in [1.29, 1.82) is 0 Å². The number of hydrogen-bond acceptors (Lipinski definition) is 3. The van der Waals surface area contributed by atoms with Gasteiger partial charge in [-0.1, -0.05) is 63.5 Å². The minimum atomic E-state index is -0.323. The quantitative estimate of drug-likeness (QED) is 0.150. The summed E-state index contributed by atoms with van der Waals surface area (Å²) in [6, 6.07) is 23.5. The van der Waals surface area contributed by atoms with E-state index in [9.17, 15) is 4.39 Å². The van der Waals surface area contributed by atoms with Gasteiger partial charge in [0.2, 0.25) is 0 Å². The minimum Gasteiger partial charge on any atom is -0.457 e. The molecule has 3 aromatic heterocycles. The Bertz CT molecular complexity index is 2120. The van der Waals surface area contributed by atoms with Gasteiger partial charge in [-0.2, -0.15) is 5.10 Å². The lowest BCUT2D eigenvalue weighted by Crippen LogP contribution is -2.18. The van der Waals surface area contributed by atoms with Crippen molar-refractivity contribution in [2.75, 3.05) is 0 Å². The van der Waals surface area contributed by atoms with Crippen LogP contribution in [0.1, 0.15) is 81.8 Å². The van der Waals surface area contributed by atoms with Crippen LogP contribution in [0.15, 0.2) is 90.6 Å². The van der Waals surface area contributed by atoms with Gasteiger partial charge in [0.25, 0.3) is 0 Å². The monoisotopic (exact) mass is 626 g/mol. The van der Waals surface area contributed by atoms with Gasteiger partial charge >= 0.3 is 0 Å². The highest BCUT2D eigenvalue weighted by molar-refractivity contribution is 6.09. The van der Waals surface area contributed by atoms with Gasteiger partial charge in [-0.15, -0.1) is 0 Å². The molecule has 0 amide bonds. The lowest BCUT2D eigenvalue weighted by molar-refractivity contribution is 0.445. The van der Waals surface area contributed by atoms with E-state index in [1.54, 1.807) is 0 Å². The number of para-hydroxylation sites is 1. The molecule has 0 unspecified atom stereocenters. The zero-order valence-electron chi connectivity index (χ0n) is 28.1. The number of halogens is 1. The highest BCUT2D eigenvalue weighted by Crippen LogP contribution is 2.43. The highest BCUT2D eigenvalue weighted by Gasteiger charge is 2.31. The molecule has 0 radical (unpaired) electrons. The molecular formula is C41H43FN4O. The van der Waals surface area contributed by atoms with Crippen molar-refractivity contribution in [3.8, 4) is 23.0 Å². The summed E-state index contributed by atoms with van der Waals surface area (Å²) in [7, 11) is 0. The summed E-state index contributed by atoms with van der Waals surface area (Å²) in [4.78, 5) is 4.51. The maximum atomic E-state index is 14.3. The van der Waals surface area contributed by atoms with Gasteiger partial charge < -0.3 is 4.74 Å². The second kappa shape index (κ2) is 12.8. The van der Waals surface area contributed by atoms with Gasteiger partial charge in [-0.3, -0.25) is 4.57 Å². The van der Waals surface area contributed by atoms with Crippen molar-refractivity contribution in [3.63, 3.8) is 0 Å². The average molecular weight is 627 g/mol. The van der Waals surface area contributed by atoms with Gasteiger partial charge in [-0.25, -0.2) is 14.1 Å². The molecular weight excluding hydrogens is 583 g/mol. The Labute approximate surface area is 276 Å². The fraction of sp³-hybridized carbons (Fsp3) is 0.317. The minimum absolute atomic E-state index is 0.323. The predicted octanol–water partition coefficient (Wildman–Crippen LogP) is 11.0. The molecule has 0 saturated carbocycles. The standard InChI is InChI=1S/C41H43FN4O/c1-6-11-35-41(40-27(4)13-10-14-28(40)5)37(12-7-2)46(44-35)30-21-26(3)22-32(24-30)47-31-17-18-34-33-15-8-9-16-36(33)45(38(34)25-31)39-23-29(42)19-20-43-39/h8-9,13,15-25,28,40H,6-7,10-12,14H2,1-5H3/t28-,40+/m0/s1. The SMILES string of the molecule is CCCc1nn(-c2cc(C)cc(Oc3ccc4c5ccccc5n(-c5cc(F)ccn5)c4c3)c2)c(CCC)c1[C@@H]1C(C)=CCC[C@@H]1C. The highest BCUT2D eigenvalue weighted by atomic mass is 19.1. The van der Waals surface area contributed by atoms with Crippen molar-refractivity contribution in [2.45, 2.75) is 79.1 Å². The van der Waals surface area contributed by atoms with Gasteiger partial charge in [-0.05, 0) is 87.4 Å². The normalized spacial score (nSPS) is 16.6. The first kappa shape index (κ1) is 30.9. The zero-order chi connectivity index (χ0) is 32.7. The van der Waals surface area contributed by atoms with E-state index in [4.69, 9.17) is 9.84 Å². The summed E-state index contributed by atoms with van der Waals surface area (Å²) < 4.78 is 25.2. The first-order valence-electron chi connectivity index (χ1n) is 17.1. The van der Waals surface area contributed by atoms with Gasteiger partial charge in [0.15, 0.2) is 0 Å². The smallest absolute Gasteiger partial charge is 0.140 e. The number of nitrogens with zero attached hydrogens (tertiary/aromatic N) is 4. The third kappa shape index (κ3) is 5.75. The van der Waals surface area contributed by atoms with E-state index in [1.807, 2.05) is 34.9 Å². The Hall–Kier alpha value is -4.71. The molecule has 3 heterocycles. The van der Waals surface area contributed by atoms with Crippen LogP contribution in [0.2, 0.25) is 0 Å². The van der Waals surface area contributed by atoms with E-state index in [0.29, 0.717) is 23.4 Å². The van der Waals surface area contributed by atoms with Crippen LogP contribution in [-0.2, 0) is 12.8 Å². The van der Waals surface area contributed by atoms with Crippen LogP contribution in [0.25, 0.3) is 33.3 Å². The van der Waals surface area contributed by atoms with Crippen LogP contribution in [0, 0.1) is 18.7 Å². The Morgan fingerprint density at radius 1 is 0.872 bits per heavy atom. The molecule has 0 aliphatic heterocycles. The van der Waals surface area contributed by atoms with Crippen molar-refractivity contribution in [1.82, 2.24) is 19.3 Å². The second-order valence-corrected chi connectivity index (χ2v) is 13.2. The maximum absolute atomic E-state index is 14.3. The van der Waals surface area contributed by atoms with Crippen molar-refractivity contribution in [3.05, 3.63) is 119 Å². The Morgan fingerprint density at radius 3 is 2.47 bits per heavy atom. The summed E-state index contributed by atoms with van der Waals surface area (Å²) in [6.45, 7) is 11.3. The maximum Gasteiger partial charge on any atom is 0.140 e. The third-order valence-corrected chi connectivity index (χ3v) is 9.63. The Morgan fingerprint density at radius 2 is 1.68 bits per heavy atom. The molecule has 7 rings (SSSR count).